The summed E-state index contributed by atoms with van der Waals surface area (Å²) < 4.78 is 13.4. The lowest BCUT2D eigenvalue weighted by Crippen LogP contribution is -2.51. The first kappa shape index (κ1) is 11.8. The van der Waals surface area contributed by atoms with Crippen molar-refractivity contribution < 1.29 is 9.18 Å². The smallest absolute Gasteiger partial charge is 0.139 e. The Labute approximate surface area is 107 Å². The number of halogens is 1. The van der Waals surface area contributed by atoms with Gasteiger partial charge in [-0.15, -0.1) is 0 Å². The minimum absolute atomic E-state index is 0.103. The van der Waals surface area contributed by atoms with Gasteiger partial charge in [0.15, 0.2) is 0 Å². The molecule has 2 nitrogen and oxygen atoms in total. The minimum Gasteiger partial charge on any atom is -0.306 e. The molecule has 2 aliphatic rings. The molecule has 4 atom stereocenters. The zero-order chi connectivity index (χ0) is 12.5. The first-order chi connectivity index (χ1) is 8.74. The van der Waals surface area contributed by atoms with Crippen LogP contribution in [-0.4, -0.2) is 18.0 Å². The van der Waals surface area contributed by atoms with Gasteiger partial charge >= 0.3 is 0 Å². The number of ketones is 1. The maximum absolute atomic E-state index is 13.4. The van der Waals surface area contributed by atoms with Crippen LogP contribution in [0.1, 0.15) is 37.3 Å². The molecule has 0 aromatic heterocycles. The lowest BCUT2D eigenvalue weighted by molar-refractivity contribution is -0.128. The van der Waals surface area contributed by atoms with E-state index in [2.05, 4.69) is 5.32 Å². The van der Waals surface area contributed by atoms with E-state index in [1.807, 2.05) is 30.3 Å². The third kappa shape index (κ3) is 2.19. The number of benzene rings is 1. The van der Waals surface area contributed by atoms with Crippen molar-refractivity contribution in [2.24, 2.45) is 5.92 Å². The van der Waals surface area contributed by atoms with Crippen molar-refractivity contribution in [3.05, 3.63) is 35.9 Å². The van der Waals surface area contributed by atoms with Gasteiger partial charge in [-0.25, -0.2) is 4.39 Å². The molecular formula is C15H18FNO. The molecule has 3 heteroatoms. The summed E-state index contributed by atoms with van der Waals surface area (Å²) in [6, 6.07) is 10.3. The Morgan fingerprint density at radius 1 is 1.17 bits per heavy atom. The highest BCUT2D eigenvalue weighted by molar-refractivity contribution is 5.83. The lowest BCUT2D eigenvalue weighted by Gasteiger charge is -2.40. The molecule has 3 rings (SSSR count). The van der Waals surface area contributed by atoms with Gasteiger partial charge in [-0.2, -0.15) is 0 Å². The number of alkyl halides is 1. The number of piperidine rings is 1. The summed E-state index contributed by atoms with van der Waals surface area (Å²) in [5.41, 5.74) is 1.16. The number of hydrogen-bond donors (Lipinski definition) is 1. The average molecular weight is 247 g/mol. The number of hydrogen-bond acceptors (Lipinski definition) is 2. The predicted octanol–water partition coefficient (Wildman–Crippen LogP) is 2.80. The molecule has 1 saturated carbocycles. The molecule has 2 fully saturated rings. The van der Waals surface area contributed by atoms with Crippen molar-refractivity contribution in [2.45, 2.75) is 43.9 Å². The Kier molecular flexibility index (Phi) is 3.16. The summed E-state index contributed by atoms with van der Waals surface area (Å²) in [5, 5.41) is 3.54. The Morgan fingerprint density at radius 2 is 1.94 bits per heavy atom. The Hall–Kier alpha value is -1.22. The largest absolute Gasteiger partial charge is 0.306 e. The molecule has 0 amide bonds. The molecule has 0 radical (unpaired) electrons. The number of fused-ring (bicyclic) bond motifs is 1. The van der Waals surface area contributed by atoms with Crippen LogP contribution in [0, 0.1) is 5.92 Å². The van der Waals surface area contributed by atoms with Gasteiger partial charge in [-0.1, -0.05) is 30.3 Å². The topological polar surface area (TPSA) is 29.1 Å². The average Bonchev–Trinajstić information content (AvgIpc) is 2.40. The second kappa shape index (κ2) is 4.81. The SMILES string of the molecule is O=C1CC(c2ccccc2)NC2CCC(F)CC12. The summed E-state index contributed by atoms with van der Waals surface area (Å²) in [6.07, 6.45) is 1.49. The zero-order valence-electron chi connectivity index (χ0n) is 10.3. The van der Waals surface area contributed by atoms with Gasteiger partial charge in [0, 0.05) is 24.4 Å². The zero-order valence-corrected chi connectivity index (χ0v) is 10.3. The van der Waals surface area contributed by atoms with Gasteiger partial charge in [0.25, 0.3) is 0 Å². The number of nitrogens with one attached hydrogen (secondary N) is 1. The molecule has 1 N–H and O–H groups in total. The van der Waals surface area contributed by atoms with Gasteiger partial charge in [0.05, 0.1) is 0 Å². The number of rotatable bonds is 1. The van der Waals surface area contributed by atoms with Crippen molar-refractivity contribution in [2.75, 3.05) is 0 Å². The quantitative estimate of drug-likeness (QED) is 0.826. The molecule has 18 heavy (non-hydrogen) atoms. The van der Waals surface area contributed by atoms with Gasteiger partial charge in [-0.3, -0.25) is 4.79 Å². The maximum Gasteiger partial charge on any atom is 0.139 e. The van der Waals surface area contributed by atoms with Crippen LogP contribution in [-0.2, 0) is 4.79 Å². The number of carbonyl (C=O) groups is 1. The molecule has 1 aliphatic heterocycles. The van der Waals surface area contributed by atoms with Crippen molar-refractivity contribution in [1.29, 1.82) is 0 Å². The van der Waals surface area contributed by atoms with E-state index < -0.39 is 6.17 Å². The minimum atomic E-state index is -0.787. The van der Waals surface area contributed by atoms with E-state index in [-0.39, 0.29) is 23.8 Å². The van der Waals surface area contributed by atoms with Crippen molar-refractivity contribution in [1.82, 2.24) is 5.32 Å². The van der Waals surface area contributed by atoms with E-state index in [9.17, 15) is 9.18 Å². The summed E-state index contributed by atoms with van der Waals surface area (Å²) in [5.74, 6) is 0.128. The molecule has 0 spiro atoms. The molecule has 96 valence electrons. The highest BCUT2D eigenvalue weighted by Crippen LogP contribution is 2.35. The summed E-state index contributed by atoms with van der Waals surface area (Å²) >= 11 is 0. The van der Waals surface area contributed by atoms with E-state index in [0.717, 1.165) is 12.0 Å². The molecule has 0 bridgehead atoms. The Bertz CT molecular complexity index is 433. The maximum atomic E-state index is 13.4. The summed E-state index contributed by atoms with van der Waals surface area (Å²) in [7, 11) is 0. The third-order valence-corrected chi connectivity index (χ3v) is 4.22. The fraction of sp³-hybridized carbons (Fsp3) is 0.533. The molecule has 4 unspecified atom stereocenters. The Balaban J connectivity index is 1.77. The van der Waals surface area contributed by atoms with E-state index in [1.54, 1.807) is 0 Å². The van der Waals surface area contributed by atoms with E-state index in [0.29, 0.717) is 19.3 Å². The molecule has 1 heterocycles. The van der Waals surface area contributed by atoms with Crippen LogP contribution in [0.4, 0.5) is 4.39 Å². The van der Waals surface area contributed by atoms with Gasteiger partial charge < -0.3 is 5.32 Å². The fourth-order valence-corrected chi connectivity index (χ4v) is 3.24. The van der Waals surface area contributed by atoms with Crippen LogP contribution >= 0.6 is 0 Å². The highest BCUT2D eigenvalue weighted by Gasteiger charge is 2.40. The van der Waals surface area contributed by atoms with Crippen LogP contribution in [0.2, 0.25) is 0 Å². The van der Waals surface area contributed by atoms with Crippen LogP contribution in [0.5, 0.6) is 0 Å². The van der Waals surface area contributed by atoms with Gasteiger partial charge in [0.2, 0.25) is 0 Å². The van der Waals surface area contributed by atoms with E-state index in [1.165, 1.54) is 0 Å². The van der Waals surface area contributed by atoms with Gasteiger partial charge in [0.1, 0.15) is 12.0 Å². The highest BCUT2D eigenvalue weighted by atomic mass is 19.1. The van der Waals surface area contributed by atoms with Crippen LogP contribution in [0.25, 0.3) is 0 Å². The molecular weight excluding hydrogens is 229 g/mol. The number of Topliss-reactive ketones (excluding diaryl/α,β-unsaturated/α-hetero) is 1. The second-order valence-electron chi connectivity index (χ2n) is 5.42. The standard InChI is InChI=1S/C15H18FNO/c16-11-6-7-13-12(8-11)15(18)9-14(17-13)10-4-2-1-3-5-10/h1-5,11-14,17H,6-9H2. The second-order valence-corrected chi connectivity index (χ2v) is 5.42. The normalized spacial score (nSPS) is 36.2. The van der Waals surface area contributed by atoms with Crippen LogP contribution < -0.4 is 5.32 Å². The van der Waals surface area contributed by atoms with Crippen LogP contribution in [0.15, 0.2) is 30.3 Å². The Morgan fingerprint density at radius 3 is 2.72 bits per heavy atom. The molecule has 1 saturated heterocycles. The monoisotopic (exact) mass is 247 g/mol. The predicted molar refractivity (Wildman–Crippen MR) is 68.0 cm³/mol. The molecule has 1 aliphatic carbocycles. The van der Waals surface area contributed by atoms with Gasteiger partial charge in [-0.05, 0) is 24.8 Å². The van der Waals surface area contributed by atoms with Crippen LogP contribution in [0.3, 0.4) is 0 Å². The summed E-state index contributed by atoms with van der Waals surface area (Å²) in [6.45, 7) is 0. The van der Waals surface area contributed by atoms with E-state index in [4.69, 9.17) is 0 Å². The lowest BCUT2D eigenvalue weighted by atomic mass is 9.75. The van der Waals surface area contributed by atoms with Crippen molar-refractivity contribution >= 4 is 5.78 Å². The first-order valence-electron chi connectivity index (χ1n) is 6.72. The van der Waals surface area contributed by atoms with Crippen molar-refractivity contribution in [3.8, 4) is 0 Å². The van der Waals surface area contributed by atoms with Crippen molar-refractivity contribution in [3.63, 3.8) is 0 Å². The fourth-order valence-electron chi connectivity index (χ4n) is 3.24. The summed E-state index contributed by atoms with van der Waals surface area (Å²) in [4.78, 5) is 12.2. The third-order valence-electron chi connectivity index (χ3n) is 4.22. The van der Waals surface area contributed by atoms with E-state index >= 15 is 0 Å². The molecule has 1 aromatic rings. The molecule has 1 aromatic carbocycles. The number of carbonyl (C=O) groups excluding carboxylic acids is 1. The first-order valence-corrected chi connectivity index (χ1v) is 6.72.